The van der Waals surface area contributed by atoms with Gasteiger partial charge in [-0.15, -0.1) is 0 Å². The number of aromatic nitrogens is 1. The molecule has 0 saturated heterocycles. The zero-order valence-corrected chi connectivity index (χ0v) is 17.5. The molecule has 0 saturated carbocycles. The topological polar surface area (TPSA) is 42.0 Å². The van der Waals surface area contributed by atoms with E-state index in [2.05, 4.69) is 64.6 Å². The maximum absolute atomic E-state index is 12.6. The molecule has 1 aromatic heterocycles. The number of amides is 1. The fourth-order valence-electron chi connectivity index (χ4n) is 2.86. The Hall–Kier alpha value is -2.76. The number of rotatable bonds is 4. The van der Waals surface area contributed by atoms with Crippen LogP contribution in [-0.2, 0) is 0 Å². The van der Waals surface area contributed by atoms with Gasteiger partial charge < -0.3 is 0 Å². The smallest absolute Gasteiger partial charge is 0.257 e. The van der Waals surface area contributed by atoms with E-state index in [4.69, 9.17) is 4.98 Å². The number of thiazole rings is 1. The molecule has 3 nitrogen and oxygen atoms in total. The van der Waals surface area contributed by atoms with Crippen molar-refractivity contribution in [2.75, 3.05) is 5.32 Å². The van der Waals surface area contributed by atoms with Crippen LogP contribution in [0.3, 0.4) is 0 Å². The van der Waals surface area contributed by atoms with E-state index in [0.29, 0.717) is 10.7 Å². The van der Waals surface area contributed by atoms with E-state index in [1.54, 1.807) is 12.1 Å². The Labute approximate surface area is 176 Å². The molecule has 28 heavy (non-hydrogen) atoms. The standard InChI is InChI=1S/C23H17BrN2OS/c1-15-10-12-16(13-11-15)20-21(17-6-3-2-4-7-17)28-23(25-20)26-22(27)18-8-5-9-19(24)14-18/h2-14H,1H3,(H,25,26,27). The van der Waals surface area contributed by atoms with Crippen molar-refractivity contribution >= 4 is 38.3 Å². The number of hydrogen-bond acceptors (Lipinski definition) is 3. The number of benzene rings is 3. The first-order valence-electron chi connectivity index (χ1n) is 8.80. The van der Waals surface area contributed by atoms with E-state index >= 15 is 0 Å². The van der Waals surface area contributed by atoms with Crippen molar-refractivity contribution < 1.29 is 4.79 Å². The van der Waals surface area contributed by atoms with Gasteiger partial charge in [-0.3, -0.25) is 10.1 Å². The van der Waals surface area contributed by atoms with Gasteiger partial charge in [0, 0.05) is 15.6 Å². The number of carbonyl (C=O) groups is 1. The molecule has 1 amide bonds. The van der Waals surface area contributed by atoms with E-state index in [9.17, 15) is 4.79 Å². The molecular weight excluding hydrogens is 432 g/mol. The average molecular weight is 449 g/mol. The lowest BCUT2D eigenvalue weighted by Crippen LogP contribution is -2.11. The van der Waals surface area contributed by atoms with Gasteiger partial charge in [-0.25, -0.2) is 4.98 Å². The van der Waals surface area contributed by atoms with Crippen molar-refractivity contribution in [1.29, 1.82) is 0 Å². The average Bonchev–Trinajstić information content (AvgIpc) is 3.13. The first-order valence-corrected chi connectivity index (χ1v) is 10.4. The number of carbonyl (C=O) groups excluding carboxylic acids is 1. The molecule has 0 aliphatic heterocycles. The normalized spacial score (nSPS) is 10.6. The van der Waals surface area contributed by atoms with Crippen LogP contribution in [0.15, 0.2) is 83.3 Å². The summed E-state index contributed by atoms with van der Waals surface area (Å²) in [7, 11) is 0. The van der Waals surface area contributed by atoms with E-state index in [1.165, 1.54) is 16.9 Å². The lowest BCUT2D eigenvalue weighted by Gasteiger charge is -2.03. The summed E-state index contributed by atoms with van der Waals surface area (Å²) in [5.41, 5.74) is 4.77. The van der Waals surface area contributed by atoms with Crippen molar-refractivity contribution in [2.24, 2.45) is 0 Å². The molecule has 0 bridgehead atoms. The fraction of sp³-hybridized carbons (Fsp3) is 0.0435. The molecule has 0 aliphatic rings. The van der Waals surface area contributed by atoms with Gasteiger partial charge in [-0.2, -0.15) is 0 Å². The van der Waals surface area contributed by atoms with Crippen LogP contribution in [-0.4, -0.2) is 10.9 Å². The second kappa shape index (κ2) is 8.09. The van der Waals surface area contributed by atoms with Crippen LogP contribution >= 0.6 is 27.3 Å². The van der Waals surface area contributed by atoms with Gasteiger partial charge in [-0.05, 0) is 30.7 Å². The van der Waals surface area contributed by atoms with Gasteiger partial charge in [-0.1, -0.05) is 93.5 Å². The van der Waals surface area contributed by atoms with E-state index in [1.807, 2.05) is 30.3 Å². The molecule has 1 heterocycles. The SMILES string of the molecule is Cc1ccc(-c2nc(NC(=O)c3cccc(Br)c3)sc2-c2ccccc2)cc1. The third kappa shape index (κ3) is 4.06. The molecule has 0 atom stereocenters. The van der Waals surface area contributed by atoms with Crippen LogP contribution in [0, 0.1) is 6.92 Å². The van der Waals surface area contributed by atoms with Crippen LogP contribution in [0.5, 0.6) is 0 Å². The third-order valence-electron chi connectivity index (χ3n) is 4.30. The summed E-state index contributed by atoms with van der Waals surface area (Å²) in [6.07, 6.45) is 0. The van der Waals surface area contributed by atoms with Gasteiger partial charge in [0.1, 0.15) is 0 Å². The summed E-state index contributed by atoms with van der Waals surface area (Å²) in [4.78, 5) is 18.4. The molecule has 0 radical (unpaired) electrons. The molecule has 3 aromatic carbocycles. The molecule has 0 unspecified atom stereocenters. The Morgan fingerprint density at radius 1 is 0.929 bits per heavy atom. The summed E-state index contributed by atoms with van der Waals surface area (Å²) < 4.78 is 0.865. The molecule has 0 fully saturated rings. The van der Waals surface area contributed by atoms with Crippen LogP contribution in [0.1, 0.15) is 15.9 Å². The number of anilines is 1. The first-order chi connectivity index (χ1) is 13.6. The summed E-state index contributed by atoms with van der Waals surface area (Å²) in [5.74, 6) is -0.176. The summed E-state index contributed by atoms with van der Waals surface area (Å²) >= 11 is 4.89. The lowest BCUT2D eigenvalue weighted by molar-refractivity contribution is 0.102. The van der Waals surface area contributed by atoms with Crippen LogP contribution in [0.4, 0.5) is 5.13 Å². The van der Waals surface area contributed by atoms with Crippen molar-refractivity contribution in [1.82, 2.24) is 4.98 Å². The highest BCUT2D eigenvalue weighted by Gasteiger charge is 2.17. The Morgan fingerprint density at radius 3 is 2.39 bits per heavy atom. The Kier molecular flexibility index (Phi) is 5.37. The van der Waals surface area contributed by atoms with Gasteiger partial charge in [0.05, 0.1) is 10.6 Å². The van der Waals surface area contributed by atoms with Crippen LogP contribution in [0.25, 0.3) is 21.7 Å². The minimum absolute atomic E-state index is 0.176. The molecule has 0 aliphatic carbocycles. The maximum atomic E-state index is 12.6. The Bertz CT molecular complexity index is 1120. The van der Waals surface area contributed by atoms with Crippen molar-refractivity contribution in [3.63, 3.8) is 0 Å². The highest BCUT2D eigenvalue weighted by atomic mass is 79.9. The molecule has 5 heteroatoms. The van der Waals surface area contributed by atoms with Crippen LogP contribution in [0.2, 0.25) is 0 Å². The monoisotopic (exact) mass is 448 g/mol. The highest BCUT2D eigenvalue weighted by molar-refractivity contribution is 9.10. The predicted octanol–water partition coefficient (Wildman–Crippen LogP) is 6.80. The second-order valence-corrected chi connectivity index (χ2v) is 8.31. The Balaban J connectivity index is 1.73. The van der Waals surface area contributed by atoms with Crippen molar-refractivity contribution in [3.8, 4) is 21.7 Å². The second-order valence-electron chi connectivity index (χ2n) is 6.39. The molecule has 138 valence electrons. The quantitative estimate of drug-likeness (QED) is 0.372. The van der Waals surface area contributed by atoms with Gasteiger partial charge in [0.15, 0.2) is 5.13 Å². The minimum atomic E-state index is -0.176. The molecule has 0 spiro atoms. The number of aryl methyl sites for hydroxylation is 1. The number of nitrogens with zero attached hydrogens (tertiary/aromatic N) is 1. The van der Waals surface area contributed by atoms with E-state index in [0.717, 1.165) is 26.2 Å². The summed E-state index contributed by atoms with van der Waals surface area (Å²) in [6, 6.07) is 25.7. The van der Waals surface area contributed by atoms with E-state index < -0.39 is 0 Å². The van der Waals surface area contributed by atoms with Crippen molar-refractivity contribution in [3.05, 3.63) is 94.5 Å². The molecule has 4 aromatic rings. The highest BCUT2D eigenvalue weighted by Crippen LogP contribution is 2.39. The zero-order valence-electron chi connectivity index (χ0n) is 15.1. The largest absolute Gasteiger partial charge is 0.298 e. The minimum Gasteiger partial charge on any atom is -0.298 e. The zero-order chi connectivity index (χ0) is 19.5. The Morgan fingerprint density at radius 2 is 1.68 bits per heavy atom. The predicted molar refractivity (Wildman–Crippen MR) is 120 cm³/mol. The fourth-order valence-corrected chi connectivity index (χ4v) is 4.25. The van der Waals surface area contributed by atoms with E-state index in [-0.39, 0.29) is 5.91 Å². The maximum Gasteiger partial charge on any atom is 0.257 e. The van der Waals surface area contributed by atoms with Gasteiger partial charge in [0.2, 0.25) is 0 Å². The third-order valence-corrected chi connectivity index (χ3v) is 5.81. The summed E-state index contributed by atoms with van der Waals surface area (Å²) in [5, 5.41) is 3.53. The van der Waals surface area contributed by atoms with Crippen molar-refractivity contribution in [2.45, 2.75) is 6.92 Å². The molecule has 4 rings (SSSR count). The lowest BCUT2D eigenvalue weighted by atomic mass is 10.1. The number of halogens is 1. The van der Waals surface area contributed by atoms with Crippen LogP contribution < -0.4 is 5.32 Å². The van der Waals surface area contributed by atoms with Gasteiger partial charge in [0.25, 0.3) is 5.91 Å². The van der Waals surface area contributed by atoms with Gasteiger partial charge >= 0.3 is 0 Å². The number of nitrogens with one attached hydrogen (secondary N) is 1. The number of hydrogen-bond donors (Lipinski definition) is 1. The first kappa shape index (κ1) is 18.6. The molecular formula is C23H17BrN2OS. The summed E-state index contributed by atoms with van der Waals surface area (Å²) in [6.45, 7) is 2.06. The molecule has 1 N–H and O–H groups in total.